The maximum atomic E-state index is 12.9. The van der Waals surface area contributed by atoms with Gasteiger partial charge < -0.3 is 5.11 Å². The molecule has 19 heavy (non-hydrogen) atoms. The number of carboxylic acid groups (broad SMARTS) is 1. The Bertz CT molecular complexity index is 518. The van der Waals surface area contributed by atoms with E-state index in [1.807, 2.05) is 0 Å². The number of aromatic nitrogens is 1. The summed E-state index contributed by atoms with van der Waals surface area (Å²) in [6.45, 7) is 1.30. The van der Waals surface area contributed by atoms with Crippen molar-refractivity contribution in [3.05, 3.63) is 11.3 Å². The van der Waals surface area contributed by atoms with Crippen LogP contribution in [-0.4, -0.2) is 40.8 Å². The zero-order valence-electron chi connectivity index (χ0n) is 9.66. The number of hydrogen-bond acceptors (Lipinski definition) is 4. The van der Waals surface area contributed by atoms with Crippen LogP contribution in [0.3, 0.4) is 0 Å². The molecule has 1 aromatic heterocycles. The van der Waals surface area contributed by atoms with Gasteiger partial charge in [0.2, 0.25) is 0 Å². The van der Waals surface area contributed by atoms with Gasteiger partial charge in [0.25, 0.3) is 0 Å². The smallest absolute Gasteiger partial charge is 0.384 e. The van der Waals surface area contributed by atoms with E-state index in [4.69, 9.17) is 5.11 Å². The van der Waals surface area contributed by atoms with Crippen LogP contribution in [0.1, 0.15) is 16.1 Å². The van der Waals surface area contributed by atoms with Crippen molar-refractivity contribution in [1.82, 2.24) is 4.37 Å². The molecule has 0 radical (unpaired) electrons. The second-order valence-electron chi connectivity index (χ2n) is 3.54. The van der Waals surface area contributed by atoms with Gasteiger partial charge in [-0.25, -0.2) is 13.6 Å². The van der Waals surface area contributed by atoms with Crippen LogP contribution in [0.5, 0.6) is 0 Å². The van der Waals surface area contributed by atoms with Crippen LogP contribution in [0.25, 0.3) is 0 Å². The Balaban J connectivity index is 3.18. The molecule has 0 spiro atoms. The van der Waals surface area contributed by atoms with Crippen molar-refractivity contribution >= 4 is 28.4 Å². The van der Waals surface area contributed by atoms with Gasteiger partial charge in [0.15, 0.2) is 0 Å². The van der Waals surface area contributed by atoms with Gasteiger partial charge in [-0.2, -0.15) is 13.2 Å². The first-order valence-corrected chi connectivity index (χ1v) is 5.51. The maximum absolute atomic E-state index is 12.9. The lowest BCUT2D eigenvalue weighted by molar-refractivity contribution is -0.166. The van der Waals surface area contributed by atoms with E-state index in [0.29, 0.717) is 11.5 Å². The van der Waals surface area contributed by atoms with Gasteiger partial charge in [0.05, 0.1) is 5.69 Å². The summed E-state index contributed by atoms with van der Waals surface area (Å²) in [5.74, 6) is -8.56. The molecule has 1 aromatic rings. The number of carboxylic acids is 1. The van der Waals surface area contributed by atoms with Crippen LogP contribution >= 0.6 is 11.5 Å². The monoisotopic (exact) mass is 300 g/mol. The molecule has 0 aliphatic carbocycles. The number of rotatable bonds is 4. The van der Waals surface area contributed by atoms with Gasteiger partial charge >= 0.3 is 24.2 Å². The number of alkyl halides is 4. The predicted octanol–water partition coefficient (Wildman–Crippen LogP) is 2.01. The van der Waals surface area contributed by atoms with Gasteiger partial charge in [0.1, 0.15) is 10.6 Å². The third kappa shape index (κ3) is 2.67. The first-order valence-electron chi connectivity index (χ1n) is 4.74. The van der Waals surface area contributed by atoms with Crippen molar-refractivity contribution in [2.24, 2.45) is 0 Å². The van der Waals surface area contributed by atoms with Crippen molar-refractivity contribution in [3.63, 3.8) is 0 Å². The van der Waals surface area contributed by atoms with Crippen LogP contribution in [-0.2, 0) is 4.79 Å². The second-order valence-corrected chi connectivity index (χ2v) is 4.29. The summed E-state index contributed by atoms with van der Waals surface area (Å²) in [6, 6.07) is 0. The Kier molecular flexibility index (Phi) is 4.13. The lowest BCUT2D eigenvalue weighted by atomic mass is 10.2. The van der Waals surface area contributed by atoms with Gasteiger partial charge in [0, 0.05) is 7.05 Å². The summed E-state index contributed by atoms with van der Waals surface area (Å²) in [7, 11) is 0.790. The first-order chi connectivity index (χ1) is 8.60. The van der Waals surface area contributed by atoms with Crippen molar-refractivity contribution in [2.75, 3.05) is 11.9 Å². The maximum Gasteiger partial charge on any atom is 0.384 e. The minimum Gasteiger partial charge on any atom is -0.478 e. The van der Waals surface area contributed by atoms with Gasteiger partial charge in [-0.05, 0) is 18.5 Å². The number of carbonyl (C=O) groups is 2. The highest BCUT2D eigenvalue weighted by Gasteiger charge is 2.51. The van der Waals surface area contributed by atoms with Crippen LogP contribution in [0.2, 0.25) is 0 Å². The minimum absolute atomic E-state index is 0.00696. The Morgan fingerprint density at radius 3 is 2.37 bits per heavy atom. The Morgan fingerprint density at radius 2 is 1.95 bits per heavy atom. The van der Waals surface area contributed by atoms with Crippen LogP contribution in [0.4, 0.5) is 22.6 Å². The van der Waals surface area contributed by atoms with Crippen molar-refractivity contribution < 1.29 is 32.3 Å². The number of amides is 1. The Hall–Kier alpha value is -1.71. The molecule has 0 bridgehead atoms. The highest BCUT2D eigenvalue weighted by molar-refractivity contribution is 7.11. The van der Waals surface area contributed by atoms with Gasteiger partial charge in [-0.3, -0.25) is 9.69 Å². The average Bonchev–Trinajstić information content (AvgIpc) is 2.68. The van der Waals surface area contributed by atoms with E-state index in [-0.39, 0.29) is 10.6 Å². The van der Waals surface area contributed by atoms with Gasteiger partial charge in [-0.15, -0.1) is 0 Å². The summed E-state index contributed by atoms with van der Waals surface area (Å²) in [4.78, 5) is 22.4. The minimum atomic E-state index is -4.89. The summed E-state index contributed by atoms with van der Waals surface area (Å²) in [5.41, 5.74) is -0.460. The number of aromatic carboxylic acids is 1. The van der Waals surface area contributed by atoms with E-state index >= 15 is 0 Å². The number of nitrogens with zero attached hydrogens (tertiary/aromatic N) is 2. The molecular weight excluding hydrogens is 292 g/mol. The fourth-order valence-corrected chi connectivity index (χ4v) is 2.09. The van der Waals surface area contributed by atoms with Crippen molar-refractivity contribution in [2.45, 2.75) is 19.3 Å². The fourth-order valence-electron chi connectivity index (χ4n) is 1.24. The number of anilines is 1. The quantitative estimate of drug-likeness (QED) is 0.864. The molecule has 0 unspecified atom stereocenters. The van der Waals surface area contributed by atoms with Crippen LogP contribution < -0.4 is 4.90 Å². The molecule has 1 rings (SSSR count). The number of halogens is 4. The molecule has 10 heteroatoms. The molecule has 0 aromatic carbocycles. The lowest BCUT2D eigenvalue weighted by Crippen LogP contribution is -2.46. The zero-order valence-corrected chi connectivity index (χ0v) is 10.5. The lowest BCUT2D eigenvalue weighted by Gasteiger charge is -2.21. The van der Waals surface area contributed by atoms with E-state index in [0.717, 1.165) is 7.05 Å². The molecule has 0 saturated carbocycles. The number of aryl methyl sites for hydroxylation is 1. The number of hydrogen-bond donors (Lipinski definition) is 1. The van der Waals surface area contributed by atoms with Crippen molar-refractivity contribution in [3.8, 4) is 0 Å². The average molecular weight is 300 g/mol. The molecule has 1 amide bonds. The van der Waals surface area contributed by atoms with Crippen molar-refractivity contribution in [1.29, 1.82) is 0 Å². The molecule has 0 aliphatic rings. The molecule has 0 aliphatic heterocycles. The van der Waals surface area contributed by atoms with Gasteiger partial charge in [-0.1, -0.05) is 0 Å². The normalized spacial score (nSPS) is 11.7. The molecule has 1 heterocycles. The molecular formula is C9H8F4N2O3S. The Morgan fingerprint density at radius 1 is 1.42 bits per heavy atom. The SMILES string of the molecule is Cc1nsc(N(C)C(=O)C(F)(F)C(F)F)c1C(=O)O. The molecule has 0 fully saturated rings. The topological polar surface area (TPSA) is 70.5 Å². The predicted molar refractivity (Wildman–Crippen MR) is 58.2 cm³/mol. The van der Waals surface area contributed by atoms with Crippen LogP contribution in [0.15, 0.2) is 0 Å². The molecule has 5 nitrogen and oxygen atoms in total. The van der Waals surface area contributed by atoms with E-state index < -0.39 is 34.8 Å². The number of carbonyl (C=O) groups excluding carboxylic acids is 1. The van der Waals surface area contributed by atoms with E-state index in [1.54, 1.807) is 0 Å². The van der Waals surface area contributed by atoms with E-state index in [1.165, 1.54) is 6.92 Å². The van der Waals surface area contributed by atoms with E-state index in [2.05, 4.69) is 4.37 Å². The standard InChI is InChI=1S/C9H8F4N2O3S/c1-3-4(6(16)17)5(19-14-3)15(2)8(18)9(12,13)7(10)11/h7H,1-2H3,(H,16,17). The van der Waals surface area contributed by atoms with E-state index in [9.17, 15) is 27.2 Å². The third-order valence-corrected chi connectivity index (χ3v) is 3.24. The highest BCUT2D eigenvalue weighted by Crippen LogP contribution is 2.32. The summed E-state index contributed by atoms with van der Waals surface area (Å²) >= 11 is 0.465. The highest BCUT2D eigenvalue weighted by atomic mass is 32.1. The Labute approximate surface area is 108 Å². The first kappa shape index (κ1) is 15.3. The molecule has 0 atom stereocenters. The summed E-state index contributed by atoms with van der Waals surface area (Å²) in [5, 5.41) is 8.45. The third-order valence-electron chi connectivity index (χ3n) is 2.23. The largest absolute Gasteiger partial charge is 0.478 e. The molecule has 0 saturated heterocycles. The molecule has 106 valence electrons. The second kappa shape index (κ2) is 5.11. The summed E-state index contributed by atoms with van der Waals surface area (Å²) in [6.07, 6.45) is -4.18. The van der Waals surface area contributed by atoms with Crippen LogP contribution in [0, 0.1) is 6.92 Å². The molecule has 1 N–H and O–H groups in total. The fraction of sp³-hybridized carbons (Fsp3) is 0.444. The summed E-state index contributed by atoms with van der Waals surface area (Å²) < 4.78 is 53.6. The zero-order chi connectivity index (χ0) is 15.0.